The van der Waals surface area contributed by atoms with Crippen LogP contribution in [-0.2, 0) is 13.7 Å². The van der Waals surface area contributed by atoms with Crippen molar-refractivity contribution in [2.75, 3.05) is 5.75 Å². The van der Waals surface area contributed by atoms with Crippen molar-refractivity contribution in [3.05, 3.63) is 11.9 Å². The minimum atomic E-state index is 0.0655. The summed E-state index contributed by atoms with van der Waals surface area (Å²) in [5, 5.41) is 10.0. The Labute approximate surface area is 95.9 Å². The van der Waals surface area contributed by atoms with Crippen molar-refractivity contribution in [3.8, 4) is 0 Å². The first-order chi connectivity index (χ1) is 7.15. The second-order valence-electron chi connectivity index (χ2n) is 4.13. The second kappa shape index (κ2) is 6.18. The molecular formula is C11H20N2OS. The molecule has 0 spiro atoms. The third kappa shape index (κ3) is 3.87. The molecule has 0 aromatic carbocycles. The van der Waals surface area contributed by atoms with E-state index < -0.39 is 0 Å². The molecule has 1 heterocycles. The maximum atomic E-state index is 9.01. The van der Waals surface area contributed by atoms with E-state index in [1.54, 1.807) is 18.0 Å². The number of hydrogen-bond donors (Lipinski definition) is 1. The fraction of sp³-hybridized carbons (Fsp3) is 0.727. The van der Waals surface area contributed by atoms with Crippen molar-refractivity contribution in [1.29, 1.82) is 0 Å². The fourth-order valence-electron chi connectivity index (χ4n) is 1.36. The van der Waals surface area contributed by atoms with Crippen LogP contribution in [0, 0.1) is 5.92 Å². The fourth-order valence-corrected chi connectivity index (χ4v) is 2.29. The molecule has 0 saturated carbocycles. The average Bonchev–Trinajstić information content (AvgIpc) is 2.54. The van der Waals surface area contributed by atoms with E-state index in [0.717, 1.165) is 22.5 Å². The van der Waals surface area contributed by atoms with Gasteiger partial charge in [0.15, 0.2) is 5.16 Å². The van der Waals surface area contributed by atoms with E-state index in [-0.39, 0.29) is 6.61 Å². The van der Waals surface area contributed by atoms with Crippen molar-refractivity contribution in [3.63, 3.8) is 0 Å². The van der Waals surface area contributed by atoms with Gasteiger partial charge in [0.2, 0.25) is 0 Å². The van der Waals surface area contributed by atoms with Crippen LogP contribution in [0.1, 0.15) is 32.4 Å². The Bertz CT molecular complexity index is 297. The highest BCUT2D eigenvalue weighted by molar-refractivity contribution is 7.99. The zero-order valence-corrected chi connectivity index (χ0v) is 10.5. The van der Waals surface area contributed by atoms with Crippen LogP contribution in [0.15, 0.2) is 11.4 Å². The van der Waals surface area contributed by atoms with E-state index in [2.05, 4.69) is 18.8 Å². The summed E-state index contributed by atoms with van der Waals surface area (Å²) in [7, 11) is 1.95. The molecule has 1 rings (SSSR count). The smallest absolute Gasteiger partial charge is 0.167 e. The van der Waals surface area contributed by atoms with Crippen molar-refractivity contribution in [2.24, 2.45) is 13.0 Å². The molecule has 1 aromatic rings. The van der Waals surface area contributed by atoms with Crippen molar-refractivity contribution in [1.82, 2.24) is 9.55 Å². The highest BCUT2D eigenvalue weighted by Crippen LogP contribution is 2.19. The lowest BCUT2D eigenvalue weighted by Crippen LogP contribution is -1.98. The molecule has 0 aliphatic carbocycles. The van der Waals surface area contributed by atoms with Gasteiger partial charge in [-0.05, 0) is 12.3 Å². The third-order valence-electron chi connectivity index (χ3n) is 2.36. The number of nitrogens with zero attached hydrogens (tertiary/aromatic N) is 2. The predicted octanol–water partition coefficient (Wildman–Crippen LogP) is 2.44. The molecule has 0 fully saturated rings. The molecule has 0 radical (unpaired) electrons. The van der Waals surface area contributed by atoms with E-state index in [9.17, 15) is 0 Å². The molecule has 0 amide bonds. The minimum Gasteiger partial charge on any atom is -0.390 e. The van der Waals surface area contributed by atoms with Gasteiger partial charge in [0.05, 0.1) is 18.5 Å². The molecular weight excluding hydrogens is 208 g/mol. The zero-order valence-electron chi connectivity index (χ0n) is 9.73. The number of aromatic nitrogens is 2. The Morgan fingerprint density at radius 2 is 2.27 bits per heavy atom. The van der Waals surface area contributed by atoms with Gasteiger partial charge in [0, 0.05) is 12.8 Å². The van der Waals surface area contributed by atoms with Crippen LogP contribution in [0.3, 0.4) is 0 Å². The summed E-state index contributed by atoms with van der Waals surface area (Å²) in [4.78, 5) is 4.27. The Hall–Kier alpha value is -0.480. The average molecular weight is 228 g/mol. The zero-order chi connectivity index (χ0) is 11.3. The molecule has 0 aliphatic rings. The summed E-state index contributed by atoms with van der Waals surface area (Å²) >= 11 is 1.77. The van der Waals surface area contributed by atoms with Gasteiger partial charge in [0.1, 0.15) is 0 Å². The molecule has 1 N–H and O–H groups in total. The monoisotopic (exact) mass is 228 g/mol. The van der Waals surface area contributed by atoms with Crippen molar-refractivity contribution in [2.45, 2.75) is 38.5 Å². The molecule has 0 aliphatic heterocycles. The van der Waals surface area contributed by atoms with E-state index in [4.69, 9.17) is 5.11 Å². The quantitative estimate of drug-likeness (QED) is 0.600. The topological polar surface area (TPSA) is 38.1 Å². The first-order valence-corrected chi connectivity index (χ1v) is 6.38. The summed E-state index contributed by atoms with van der Waals surface area (Å²) in [6.07, 6.45) is 4.23. The van der Waals surface area contributed by atoms with Gasteiger partial charge < -0.3 is 9.67 Å². The Morgan fingerprint density at radius 3 is 2.80 bits per heavy atom. The lowest BCUT2D eigenvalue weighted by molar-refractivity contribution is 0.271. The highest BCUT2D eigenvalue weighted by atomic mass is 32.2. The first kappa shape index (κ1) is 12.6. The summed E-state index contributed by atoms with van der Waals surface area (Å²) < 4.78 is 1.96. The van der Waals surface area contributed by atoms with Crippen LogP contribution in [0.5, 0.6) is 0 Å². The Morgan fingerprint density at radius 1 is 1.53 bits per heavy atom. The number of aliphatic hydroxyl groups excluding tert-OH is 1. The largest absolute Gasteiger partial charge is 0.390 e. The van der Waals surface area contributed by atoms with Gasteiger partial charge in [0.25, 0.3) is 0 Å². The SMILES string of the molecule is CC(C)CCCSc1ncc(CO)n1C. The van der Waals surface area contributed by atoms with Crippen LogP contribution >= 0.6 is 11.8 Å². The maximum Gasteiger partial charge on any atom is 0.167 e. The van der Waals surface area contributed by atoms with Gasteiger partial charge in [-0.15, -0.1) is 0 Å². The molecule has 3 nitrogen and oxygen atoms in total. The number of imidazole rings is 1. The van der Waals surface area contributed by atoms with E-state index in [0.29, 0.717) is 0 Å². The summed E-state index contributed by atoms with van der Waals surface area (Å²) in [5.74, 6) is 1.88. The van der Waals surface area contributed by atoms with Crippen LogP contribution in [0.2, 0.25) is 0 Å². The summed E-state index contributed by atoms with van der Waals surface area (Å²) in [5.41, 5.74) is 0.876. The van der Waals surface area contributed by atoms with Gasteiger partial charge >= 0.3 is 0 Å². The second-order valence-corrected chi connectivity index (χ2v) is 5.20. The molecule has 15 heavy (non-hydrogen) atoms. The molecule has 0 unspecified atom stereocenters. The standard InChI is InChI=1S/C11H20N2OS/c1-9(2)5-4-6-15-11-12-7-10(8-14)13(11)3/h7,9,14H,4-6,8H2,1-3H3. The molecule has 4 heteroatoms. The number of aliphatic hydroxyl groups is 1. The van der Waals surface area contributed by atoms with Crippen LogP contribution in [0.25, 0.3) is 0 Å². The van der Waals surface area contributed by atoms with Gasteiger partial charge in [-0.3, -0.25) is 0 Å². The number of thioether (sulfide) groups is 1. The first-order valence-electron chi connectivity index (χ1n) is 5.39. The highest BCUT2D eigenvalue weighted by Gasteiger charge is 2.05. The Kier molecular flexibility index (Phi) is 5.19. The minimum absolute atomic E-state index is 0.0655. The predicted molar refractivity (Wildman–Crippen MR) is 63.9 cm³/mol. The van der Waals surface area contributed by atoms with Crippen molar-refractivity contribution >= 4 is 11.8 Å². The molecule has 0 atom stereocenters. The molecule has 0 saturated heterocycles. The maximum absolute atomic E-state index is 9.01. The molecule has 0 bridgehead atoms. The van der Waals surface area contributed by atoms with Crippen LogP contribution < -0.4 is 0 Å². The van der Waals surface area contributed by atoms with Gasteiger partial charge in [-0.1, -0.05) is 32.0 Å². The van der Waals surface area contributed by atoms with Gasteiger partial charge in [-0.2, -0.15) is 0 Å². The number of hydrogen-bond acceptors (Lipinski definition) is 3. The lowest BCUT2D eigenvalue weighted by atomic mass is 10.1. The third-order valence-corrected chi connectivity index (χ3v) is 3.49. The number of rotatable bonds is 6. The normalized spacial score (nSPS) is 11.3. The van der Waals surface area contributed by atoms with Gasteiger partial charge in [-0.25, -0.2) is 4.98 Å². The molecule has 86 valence electrons. The van der Waals surface area contributed by atoms with E-state index >= 15 is 0 Å². The van der Waals surface area contributed by atoms with E-state index in [1.165, 1.54) is 12.8 Å². The summed E-state index contributed by atoms with van der Waals surface area (Å²) in [6, 6.07) is 0. The lowest BCUT2D eigenvalue weighted by Gasteiger charge is -2.05. The van der Waals surface area contributed by atoms with Crippen molar-refractivity contribution < 1.29 is 5.11 Å². The summed E-state index contributed by atoms with van der Waals surface area (Å²) in [6.45, 7) is 4.56. The molecule has 1 aromatic heterocycles. The van der Waals surface area contributed by atoms with Crippen LogP contribution in [0.4, 0.5) is 0 Å². The van der Waals surface area contributed by atoms with Crippen LogP contribution in [-0.4, -0.2) is 20.4 Å². The van der Waals surface area contributed by atoms with E-state index in [1.807, 2.05) is 11.6 Å². The Balaban J connectivity index is 2.34.